The predicted molar refractivity (Wildman–Crippen MR) is 59.0 cm³/mol. The smallest absolute Gasteiger partial charge is 0.0593 e. The number of rotatable bonds is 7. The number of ether oxygens (including phenoxy) is 2. The van der Waals surface area contributed by atoms with Gasteiger partial charge in [-0.25, -0.2) is 0 Å². The monoisotopic (exact) mass is 217 g/mol. The molecule has 0 aliphatic carbocycles. The second-order valence-electron chi connectivity index (χ2n) is 4.03. The quantitative estimate of drug-likeness (QED) is 0.630. The summed E-state index contributed by atoms with van der Waals surface area (Å²) in [5.74, 6) is 0. The van der Waals surface area contributed by atoms with Gasteiger partial charge in [0, 0.05) is 40.0 Å². The Morgan fingerprint density at radius 1 is 1.20 bits per heavy atom. The van der Waals surface area contributed by atoms with Crippen LogP contribution >= 0.6 is 0 Å². The molecule has 90 valence electrons. The van der Waals surface area contributed by atoms with Crippen LogP contribution in [-0.4, -0.2) is 62.7 Å². The third-order valence-corrected chi connectivity index (χ3v) is 2.75. The molecule has 15 heavy (non-hydrogen) atoms. The van der Waals surface area contributed by atoms with Crippen LogP contribution in [-0.2, 0) is 9.47 Å². The summed E-state index contributed by atoms with van der Waals surface area (Å²) in [6, 6.07) is 0. The maximum absolute atomic E-state index is 9.32. The lowest BCUT2D eigenvalue weighted by atomic mass is 10.1. The first-order valence-electron chi connectivity index (χ1n) is 5.80. The highest BCUT2D eigenvalue weighted by Crippen LogP contribution is 2.08. The van der Waals surface area contributed by atoms with Gasteiger partial charge in [0.2, 0.25) is 0 Å². The molecule has 0 atom stereocenters. The number of nitrogens with zero attached hydrogens (tertiary/aromatic N) is 1. The summed E-state index contributed by atoms with van der Waals surface area (Å²) in [4.78, 5) is 2.35. The van der Waals surface area contributed by atoms with E-state index in [0.717, 1.165) is 58.7 Å². The van der Waals surface area contributed by atoms with Crippen LogP contribution in [0.5, 0.6) is 0 Å². The van der Waals surface area contributed by atoms with Crippen LogP contribution in [0.3, 0.4) is 0 Å². The first-order valence-corrected chi connectivity index (χ1v) is 5.80. The van der Waals surface area contributed by atoms with Crippen LogP contribution in [0.4, 0.5) is 0 Å². The van der Waals surface area contributed by atoms with Crippen molar-refractivity contribution < 1.29 is 14.6 Å². The summed E-state index contributed by atoms with van der Waals surface area (Å²) < 4.78 is 10.4. The fourth-order valence-electron chi connectivity index (χ4n) is 1.74. The number of likely N-dealkylation sites (tertiary alicyclic amines) is 1. The third-order valence-electron chi connectivity index (χ3n) is 2.75. The summed E-state index contributed by atoms with van der Waals surface area (Å²) in [7, 11) is 1.71. The molecule has 1 aliphatic rings. The molecule has 0 aromatic rings. The number of hydrogen-bond acceptors (Lipinski definition) is 4. The topological polar surface area (TPSA) is 41.9 Å². The lowest BCUT2D eigenvalue weighted by molar-refractivity contribution is 0.0504. The summed E-state index contributed by atoms with van der Waals surface area (Å²) in [5, 5.41) is 9.32. The molecule has 1 heterocycles. The number of aliphatic hydroxyl groups excluding tert-OH is 1. The Kier molecular flexibility index (Phi) is 6.92. The number of hydrogen-bond donors (Lipinski definition) is 1. The van der Waals surface area contributed by atoms with Crippen molar-refractivity contribution in [1.82, 2.24) is 4.90 Å². The Balaban J connectivity index is 1.87. The highest BCUT2D eigenvalue weighted by molar-refractivity contribution is 4.70. The zero-order valence-corrected chi connectivity index (χ0v) is 9.65. The molecule has 1 aliphatic heterocycles. The van der Waals surface area contributed by atoms with Crippen LogP contribution in [0.1, 0.15) is 19.3 Å². The second kappa shape index (κ2) is 8.05. The Bertz CT molecular complexity index is 147. The van der Waals surface area contributed by atoms with Crippen LogP contribution in [0.25, 0.3) is 0 Å². The van der Waals surface area contributed by atoms with Gasteiger partial charge in [-0.15, -0.1) is 0 Å². The van der Waals surface area contributed by atoms with Crippen LogP contribution in [0, 0.1) is 0 Å². The van der Waals surface area contributed by atoms with Crippen LogP contribution < -0.4 is 0 Å². The molecule has 0 unspecified atom stereocenters. The molecule has 0 radical (unpaired) electrons. The lowest BCUT2D eigenvalue weighted by Gasteiger charge is -2.29. The Morgan fingerprint density at radius 2 is 1.93 bits per heavy atom. The molecule has 4 heteroatoms. The van der Waals surface area contributed by atoms with E-state index in [1.165, 1.54) is 0 Å². The van der Waals surface area contributed by atoms with Gasteiger partial charge in [-0.3, -0.25) is 0 Å². The Labute approximate surface area is 92.2 Å². The van der Waals surface area contributed by atoms with Gasteiger partial charge >= 0.3 is 0 Å². The van der Waals surface area contributed by atoms with Gasteiger partial charge in [0.05, 0.1) is 12.7 Å². The van der Waals surface area contributed by atoms with E-state index in [1.54, 1.807) is 7.11 Å². The zero-order valence-electron chi connectivity index (χ0n) is 9.65. The largest absolute Gasteiger partial charge is 0.393 e. The van der Waals surface area contributed by atoms with Gasteiger partial charge in [0.25, 0.3) is 0 Å². The minimum Gasteiger partial charge on any atom is -0.393 e. The van der Waals surface area contributed by atoms with E-state index in [-0.39, 0.29) is 6.10 Å². The molecule has 0 aromatic heterocycles. The van der Waals surface area contributed by atoms with E-state index in [4.69, 9.17) is 9.47 Å². The number of methoxy groups -OCH3 is 1. The highest BCUT2D eigenvalue weighted by Gasteiger charge is 2.15. The molecule has 0 aromatic carbocycles. The standard InChI is InChI=1S/C11H23NO3/c1-14-8-2-9-15-10-7-12-5-3-11(13)4-6-12/h11,13H,2-10H2,1H3. The van der Waals surface area contributed by atoms with Crippen molar-refractivity contribution in [3.63, 3.8) is 0 Å². The molecule has 4 nitrogen and oxygen atoms in total. The molecule has 1 saturated heterocycles. The maximum atomic E-state index is 9.32. The van der Waals surface area contributed by atoms with E-state index in [0.29, 0.717) is 0 Å². The van der Waals surface area contributed by atoms with E-state index < -0.39 is 0 Å². The van der Waals surface area contributed by atoms with Crippen molar-refractivity contribution in [2.24, 2.45) is 0 Å². The van der Waals surface area contributed by atoms with Crippen LogP contribution in [0.2, 0.25) is 0 Å². The maximum Gasteiger partial charge on any atom is 0.0593 e. The van der Waals surface area contributed by atoms with E-state index >= 15 is 0 Å². The predicted octanol–water partition coefficient (Wildman–Crippen LogP) is 0.496. The normalized spacial score (nSPS) is 19.6. The first kappa shape index (κ1) is 12.9. The van der Waals surface area contributed by atoms with Crippen molar-refractivity contribution in [3.8, 4) is 0 Å². The van der Waals surface area contributed by atoms with Crippen molar-refractivity contribution in [2.75, 3.05) is 46.6 Å². The van der Waals surface area contributed by atoms with Crippen molar-refractivity contribution in [3.05, 3.63) is 0 Å². The average Bonchev–Trinajstić information content (AvgIpc) is 2.26. The zero-order chi connectivity index (χ0) is 10.9. The third kappa shape index (κ3) is 6.10. The summed E-state index contributed by atoms with van der Waals surface area (Å²) in [5.41, 5.74) is 0. The van der Waals surface area contributed by atoms with Gasteiger partial charge in [-0.1, -0.05) is 0 Å². The fraction of sp³-hybridized carbons (Fsp3) is 1.00. The molecular formula is C11H23NO3. The molecule has 0 bridgehead atoms. The SMILES string of the molecule is COCCCOCCN1CCC(O)CC1. The van der Waals surface area contributed by atoms with Crippen LogP contribution in [0.15, 0.2) is 0 Å². The lowest BCUT2D eigenvalue weighted by Crippen LogP contribution is -2.37. The highest BCUT2D eigenvalue weighted by atomic mass is 16.5. The van der Waals surface area contributed by atoms with E-state index in [2.05, 4.69) is 4.90 Å². The van der Waals surface area contributed by atoms with Gasteiger partial charge in [-0.05, 0) is 19.3 Å². The Morgan fingerprint density at radius 3 is 2.60 bits per heavy atom. The van der Waals surface area contributed by atoms with Gasteiger partial charge < -0.3 is 19.5 Å². The van der Waals surface area contributed by atoms with E-state index in [9.17, 15) is 5.11 Å². The van der Waals surface area contributed by atoms with Crippen molar-refractivity contribution in [2.45, 2.75) is 25.4 Å². The molecular weight excluding hydrogens is 194 g/mol. The van der Waals surface area contributed by atoms with E-state index in [1.807, 2.05) is 0 Å². The van der Waals surface area contributed by atoms with Crippen molar-refractivity contribution in [1.29, 1.82) is 0 Å². The molecule has 1 rings (SSSR count). The van der Waals surface area contributed by atoms with Crippen molar-refractivity contribution >= 4 is 0 Å². The average molecular weight is 217 g/mol. The second-order valence-corrected chi connectivity index (χ2v) is 4.03. The van der Waals surface area contributed by atoms with Gasteiger partial charge in [-0.2, -0.15) is 0 Å². The minimum atomic E-state index is -0.0797. The van der Waals surface area contributed by atoms with Gasteiger partial charge in [0.15, 0.2) is 0 Å². The Hall–Kier alpha value is -0.160. The fourth-order valence-corrected chi connectivity index (χ4v) is 1.74. The minimum absolute atomic E-state index is 0.0797. The summed E-state index contributed by atoms with van der Waals surface area (Å²) in [6.45, 7) is 5.34. The molecule has 1 fully saturated rings. The molecule has 0 saturated carbocycles. The summed E-state index contributed by atoms with van der Waals surface area (Å²) in [6.07, 6.45) is 2.70. The number of piperidine rings is 1. The number of aliphatic hydroxyl groups is 1. The molecule has 0 amide bonds. The van der Waals surface area contributed by atoms with Gasteiger partial charge in [0.1, 0.15) is 0 Å². The first-order chi connectivity index (χ1) is 7.33. The summed E-state index contributed by atoms with van der Waals surface area (Å²) >= 11 is 0. The molecule has 0 spiro atoms. The molecule has 1 N–H and O–H groups in total.